The van der Waals surface area contributed by atoms with E-state index in [-0.39, 0.29) is 12.2 Å². The Labute approximate surface area is 152 Å². The highest BCUT2D eigenvalue weighted by molar-refractivity contribution is 5.63. The molecule has 26 heavy (non-hydrogen) atoms. The number of hydrogen-bond acceptors (Lipinski definition) is 5. The molecule has 0 saturated carbocycles. The van der Waals surface area contributed by atoms with Crippen LogP contribution < -0.4 is 0 Å². The molecule has 5 heteroatoms. The van der Waals surface area contributed by atoms with Gasteiger partial charge >= 0.3 is 6.16 Å². The number of carbonyl (C=O) groups is 1. The van der Waals surface area contributed by atoms with Crippen LogP contribution in [0.1, 0.15) is 23.3 Å². The molecule has 5 atom stereocenters. The molecule has 2 aromatic rings. The molecule has 0 aliphatic carbocycles. The Morgan fingerprint density at radius 3 is 2.12 bits per heavy atom. The lowest BCUT2D eigenvalue weighted by Crippen LogP contribution is -2.45. The Morgan fingerprint density at radius 1 is 0.885 bits per heavy atom. The molecular formula is C21H20O5. The molecule has 2 aliphatic heterocycles. The van der Waals surface area contributed by atoms with E-state index in [1.54, 1.807) is 6.08 Å². The molecule has 134 valence electrons. The maximum Gasteiger partial charge on any atom is 0.509 e. The second-order valence-corrected chi connectivity index (χ2v) is 6.32. The first kappa shape index (κ1) is 16.8. The lowest BCUT2D eigenvalue weighted by Gasteiger charge is -2.39. The first-order chi connectivity index (χ1) is 12.8. The van der Waals surface area contributed by atoms with Gasteiger partial charge in [0, 0.05) is 0 Å². The molecule has 2 aliphatic rings. The minimum atomic E-state index is -0.704. The van der Waals surface area contributed by atoms with Crippen LogP contribution in [0.25, 0.3) is 0 Å². The molecule has 0 unspecified atom stereocenters. The zero-order valence-electron chi connectivity index (χ0n) is 14.2. The summed E-state index contributed by atoms with van der Waals surface area (Å²) in [5.41, 5.74) is 2.05. The van der Waals surface area contributed by atoms with E-state index in [0.717, 1.165) is 11.1 Å². The van der Waals surface area contributed by atoms with Gasteiger partial charge in [-0.2, -0.15) is 0 Å². The van der Waals surface area contributed by atoms with Crippen molar-refractivity contribution >= 4 is 6.16 Å². The van der Waals surface area contributed by atoms with Crippen LogP contribution in [0.5, 0.6) is 0 Å². The van der Waals surface area contributed by atoms with E-state index in [2.05, 4.69) is 6.58 Å². The van der Waals surface area contributed by atoms with Crippen LogP contribution in [0.3, 0.4) is 0 Å². The highest BCUT2D eigenvalue weighted by Crippen LogP contribution is 2.41. The Balaban J connectivity index is 1.62. The van der Waals surface area contributed by atoms with Crippen molar-refractivity contribution in [3.8, 4) is 0 Å². The van der Waals surface area contributed by atoms with Crippen LogP contribution in [-0.2, 0) is 18.9 Å². The third-order valence-corrected chi connectivity index (χ3v) is 4.68. The van der Waals surface area contributed by atoms with Gasteiger partial charge in [0.25, 0.3) is 0 Å². The monoisotopic (exact) mass is 352 g/mol. The maximum absolute atomic E-state index is 11.5. The van der Waals surface area contributed by atoms with Gasteiger partial charge in [-0.1, -0.05) is 67.2 Å². The van der Waals surface area contributed by atoms with Crippen LogP contribution in [0, 0.1) is 0 Å². The van der Waals surface area contributed by atoms with E-state index >= 15 is 0 Å². The largest absolute Gasteiger partial charge is 0.509 e. The van der Waals surface area contributed by atoms with Crippen molar-refractivity contribution in [3.05, 3.63) is 84.4 Å². The lowest BCUT2D eigenvalue weighted by molar-refractivity contribution is -0.210. The van der Waals surface area contributed by atoms with Gasteiger partial charge in [0.1, 0.15) is 18.3 Å². The predicted molar refractivity (Wildman–Crippen MR) is 94.5 cm³/mol. The van der Waals surface area contributed by atoms with Gasteiger partial charge in [-0.15, -0.1) is 0 Å². The number of rotatable bonds is 4. The standard InChI is InChI=1S/C21H20O5/c1-2-16-20(26-21(22)25-16)17-13-23-18(14-9-5-3-6-10-14)19(24-17)15-11-7-4-8-12-15/h2-12,16-20H,1,13H2/t16-,17+,18+,19+,20+/m1/s1. The van der Waals surface area contributed by atoms with Crippen molar-refractivity contribution in [2.45, 2.75) is 30.5 Å². The second-order valence-electron chi connectivity index (χ2n) is 6.32. The van der Waals surface area contributed by atoms with Crippen LogP contribution >= 0.6 is 0 Å². The fourth-order valence-electron chi connectivity index (χ4n) is 3.42. The van der Waals surface area contributed by atoms with E-state index in [1.165, 1.54) is 0 Å². The summed E-state index contributed by atoms with van der Waals surface area (Å²) in [6, 6.07) is 19.9. The van der Waals surface area contributed by atoms with Crippen molar-refractivity contribution < 1.29 is 23.7 Å². The van der Waals surface area contributed by atoms with Gasteiger partial charge in [0.15, 0.2) is 12.2 Å². The normalized spacial score (nSPS) is 31.1. The summed E-state index contributed by atoms with van der Waals surface area (Å²) in [6.45, 7) is 4.01. The van der Waals surface area contributed by atoms with Crippen LogP contribution in [0.2, 0.25) is 0 Å². The quantitative estimate of drug-likeness (QED) is 0.615. The van der Waals surface area contributed by atoms with Gasteiger partial charge in [0.05, 0.1) is 6.61 Å². The lowest BCUT2D eigenvalue weighted by atomic mass is 9.95. The molecule has 0 radical (unpaired) electrons. The van der Waals surface area contributed by atoms with E-state index in [4.69, 9.17) is 18.9 Å². The number of hydrogen-bond donors (Lipinski definition) is 0. The molecule has 4 rings (SSSR count). The van der Waals surface area contributed by atoms with Crippen molar-refractivity contribution in [2.24, 2.45) is 0 Å². The molecule has 0 amide bonds. The summed E-state index contributed by atoms with van der Waals surface area (Å²) < 4.78 is 23.0. The molecule has 0 aromatic heterocycles. The third-order valence-electron chi connectivity index (χ3n) is 4.68. The van der Waals surface area contributed by atoms with E-state index in [1.807, 2.05) is 60.7 Å². The molecule has 2 saturated heterocycles. The minimum absolute atomic E-state index is 0.241. The van der Waals surface area contributed by atoms with Gasteiger partial charge in [-0.25, -0.2) is 4.79 Å². The fraction of sp³-hybridized carbons (Fsp3) is 0.286. The summed E-state index contributed by atoms with van der Waals surface area (Å²) in [7, 11) is 0. The topological polar surface area (TPSA) is 54.0 Å². The zero-order chi connectivity index (χ0) is 17.9. The SMILES string of the molecule is C=C[C@H]1OC(=O)O[C@@H]1[C@@H]1CO[C@@H](c2ccccc2)[C@H](c2ccccc2)O1. The van der Waals surface area contributed by atoms with Crippen molar-refractivity contribution in [2.75, 3.05) is 6.61 Å². The van der Waals surface area contributed by atoms with Gasteiger partial charge in [-0.05, 0) is 17.2 Å². The van der Waals surface area contributed by atoms with E-state index < -0.39 is 24.5 Å². The summed E-state index contributed by atoms with van der Waals surface area (Å²) in [6.07, 6.45) is -1.25. The third kappa shape index (κ3) is 3.23. The molecule has 0 N–H and O–H groups in total. The highest BCUT2D eigenvalue weighted by atomic mass is 16.8. The Kier molecular flexibility index (Phi) is 4.73. The molecular weight excluding hydrogens is 332 g/mol. The van der Waals surface area contributed by atoms with E-state index in [9.17, 15) is 4.79 Å². The van der Waals surface area contributed by atoms with Crippen LogP contribution in [0.4, 0.5) is 4.79 Å². The Bertz CT molecular complexity index is 760. The number of benzene rings is 2. The number of cyclic esters (lactones) is 2. The maximum atomic E-state index is 11.5. The Hall–Kier alpha value is -2.63. The van der Waals surface area contributed by atoms with Crippen LogP contribution in [-0.4, -0.2) is 31.1 Å². The zero-order valence-corrected chi connectivity index (χ0v) is 14.2. The first-order valence-corrected chi connectivity index (χ1v) is 8.63. The Morgan fingerprint density at radius 2 is 1.50 bits per heavy atom. The first-order valence-electron chi connectivity index (χ1n) is 8.63. The summed E-state index contributed by atoms with van der Waals surface area (Å²) >= 11 is 0. The fourth-order valence-corrected chi connectivity index (χ4v) is 3.42. The molecule has 0 spiro atoms. The molecule has 2 heterocycles. The van der Waals surface area contributed by atoms with Crippen molar-refractivity contribution in [1.82, 2.24) is 0 Å². The van der Waals surface area contributed by atoms with Gasteiger partial charge in [0.2, 0.25) is 0 Å². The van der Waals surface area contributed by atoms with Crippen molar-refractivity contribution in [1.29, 1.82) is 0 Å². The van der Waals surface area contributed by atoms with Crippen molar-refractivity contribution in [3.63, 3.8) is 0 Å². The number of carbonyl (C=O) groups excluding carboxylic acids is 1. The van der Waals surface area contributed by atoms with Gasteiger partial charge < -0.3 is 18.9 Å². The molecule has 2 fully saturated rings. The summed E-state index contributed by atoms with van der Waals surface area (Å²) in [5.74, 6) is 0. The average Bonchev–Trinajstić information content (AvgIpc) is 3.10. The minimum Gasteiger partial charge on any atom is -0.424 e. The predicted octanol–water partition coefficient (Wildman–Crippen LogP) is 3.97. The number of ether oxygens (including phenoxy) is 4. The van der Waals surface area contributed by atoms with E-state index in [0.29, 0.717) is 6.61 Å². The summed E-state index contributed by atoms with van der Waals surface area (Å²) in [4.78, 5) is 11.5. The van der Waals surface area contributed by atoms with Crippen LogP contribution in [0.15, 0.2) is 73.3 Å². The smallest absolute Gasteiger partial charge is 0.424 e. The average molecular weight is 352 g/mol. The highest BCUT2D eigenvalue weighted by Gasteiger charge is 2.46. The summed E-state index contributed by atoms with van der Waals surface area (Å²) in [5, 5.41) is 0. The molecule has 5 nitrogen and oxygen atoms in total. The second kappa shape index (κ2) is 7.32. The van der Waals surface area contributed by atoms with Gasteiger partial charge in [-0.3, -0.25) is 0 Å². The molecule has 2 aromatic carbocycles. The molecule has 0 bridgehead atoms.